The van der Waals surface area contributed by atoms with Crippen molar-refractivity contribution in [2.45, 2.75) is 61.3 Å². The molecule has 0 amide bonds. The van der Waals surface area contributed by atoms with Crippen LogP contribution >= 0.6 is 0 Å². The fourth-order valence-corrected chi connectivity index (χ4v) is 26.2. The van der Waals surface area contributed by atoms with Crippen molar-refractivity contribution in [2.24, 2.45) is 0 Å². The molecule has 0 spiro atoms. The molecule has 0 aromatic rings. The van der Waals surface area contributed by atoms with Gasteiger partial charge in [-0.1, -0.05) is 0 Å². The quantitative estimate of drug-likeness (QED) is 0.396. The number of nitrogens with zero attached hydrogens (tertiary/aromatic N) is 3. The van der Waals surface area contributed by atoms with E-state index in [1.54, 1.807) is 5.57 Å². The maximum atomic E-state index is 2.89. The van der Waals surface area contributed by atoms with Crippen molar-refractivity contribution in [2.75, 3.05) is 39.3 Å². The van der Waals surface area contributed by atoms with E-state index >= 15 is 0 Å². The molecule has 0 saturated heterocycles. The van der Waals surface area contributed by atoms with Gasteiger partial charge in [0.25, 0.3) is 0 Å². The Morgan fingerprint density at radius 1 is 0.739 bits per heavy atom. The van der Waals surface area contributed by atoms with Crippen LogP contribution in [-0.2, 0) is 20.8 Å². The molecule has 0 aromatic heterocycles. The molecule has 1 rings (SSSR count). The summed E-state index contributed by atoms with van der Waals surface area (Å²) in [6.45, 7) is 23.5. The molecular weight excluding hydrogens is 449 g/mol. The van der Waals surface area contributed by atoms with E-state index in [1.165, 1.54) is 52.1 Å². The average Bonchev–Trinajstić information content (AvgIpc) is 3.06. The molecule has 0 fully saturated rings. The molecule has 4 heteroatoms. The summed E-state index contributed by atoms with van der Waals surface area (Å²) in [6, 6.07) is 0. The van der Waals surface area contributed by atoms with E-state index in [2.05, 4.69) is 69.3 Å². The van der Waals surface area contributed by atoms with Crippen molar-refractivity contribution in [3.05, 3.63) is 21.1 Å². The Morgan fingerprint density at radius 3 is 1.43 bits per heavy atom. The third-order valence-corrected chi connectivity index (χ3v) is 26.5. The van der Waals surface area contributed by atoms with Crippen LogP contribution in [0.2, 0.25) is 0 Å². The molecule has 0 bridgehead atoms. The van der Waals surface area contributed by atoms with Crippen LogP contribution < -0.4 is 0 Å². The van der Waals surface area contributed by atoms with E-state index in [0.717, 1.165) is 0 Å². The van der Waals surface area contributed by atoms with Gasteiger partial charge in [-0.2, -0.15) is 0 Å². The zero-order chi connectivity index (χ0) is 17.5. The first-order chi connectivity index (χ1) is 11.1. The number of allylic oxidation sites excluding steroid dienone is 4. The van der Waals surface area contributed by atoms with Gasteiger partial charge in [0.15, 0.2) is 0 Å². The first-order valence-corrected chi connectivity index (χ1v) is 16.4. The van der Waals surface area contributed by atoms with Gasteiger partial charge in [-0.3, -0.25) is 0 Å². The van der Waals surface area contributed by atoms with Crippen molar-refractivity contribution in [1.29, 1.82) is 0 Å². The fraction of sp³-hybridized carbons (Fsp3) is 0.789. The molecular formula is C19H39HfN3. The third-order valence-electron chi connectivity index (χ3n) is 5.43. The normalized spacial score (nSPS) is 15.7. The van der Waals surface area contributed by atoms with E-state index in [4.69, 9.17) is 0 Å². The predicted octanol–water partition coefficient (Wildman–Crippen LogP) is 4.53. The molecule has 0 radical (unpaired) electrons. The van der Waals surface area contributed by atoms with Gasteiger partial charge in [-0.15, -0.1) is 0 Å². The Morgan fingerprint density at radius 2 is 1.13 bits per heavy atom. The molecule has 0 N–H and O–H groups in total. The van der Waals surface area contributed by atoms with E-state index in [0.29, 0.717) is 0 Å². The Hall–Kier alpha value is 0.230. The van der Waals surface area contributed by atoms with Crippen LogP contribution in [0.4, 0.5) is 0 Å². The monoisotopic (exact) mass is 489 g/mol. The molecule has 0 atom stereocenters. The van der Waals surface area contributed by atoms with Crippen molar-refractivity contribution < 1.29 is 20.8 Å². The molecule has 0 heterocycles. The second-order valence-electron chi connectivity index (χ2n) is 6.12. The van der Waals surface area contributed by atoms with Crippen LogP contribution in [0, 0.1) is 0 Å². The van der Waals surface area contributed by atoms with Crippen molar-refractivity contribution in [3.8, 4) is 0 Å². The van der Waals surface area contributed by atoms with Crippen molar-refractivity contribution in [1.82, 2.24) is 8.66 Å². The Kier molecular flexibility index (Phi) is 9.50. The molecule has 0 saturated carbocycles. The summed E-state index contributed by atoms with van der Waals surface area (Å²) in [7, 11) is 0. The van der Waals surface area contributed by atoms with Gasteiger partial charge in [0.2, 0.25) is 0 Å². The Labute approximate surface area is 150 Å². The number of hydrogen-bond acceptors (Lipinski definition) is 3. The van der Waals surface area contributed by atoms with Crippen LogP contribution in [0.3, 0.4) is 0 Å². The van der Waals surface area contributed by atoms with Gasteiger partial charge in [-0.05, 0) is 0 Å². The first kappa shape index (κ1) is 21.3. The van der Waals surface area contributed by atoms with Gasteiger partial charge in [0.05, 0.1) is 0 Å². The average molecular weight is 488 g/mol. The molecule has 3 nitrogen and oxygen atoms in total. The Bertz CT molecular complexity index is 374. The van der Waals surface area contributed by atoms with E-state index in [1.807, 2.05) is 3.33 Å². The summed E-state index contributed by atoms with van der Waals surface area (Å²) in [5, 5.41) is 0. The molecule has 1 aliphatic rings. The summed E-state index contributed by atoms with van der Waals surface area (Å²) in [5.74, 6) is 0. The predicted molar refractivity (Wildman–Crippen MR) is 99.8 cm³/mol. The molecule has 0 aromatic carbocycles. The Balaban J connectivity index is 3.64. The summed E-state index contributed by atoms with van der Waals surface area (Å²) in [4.78, 5) is 0. The zero-order valence-corrected chi connectivity index (χ0v) is 20.2. The molecule has 1 aliphatic carbocycles. The zero-order valence-electron chi connectivity index (χ0n) is 16.7. The van der Waals surface area contributed by atoms with Crippen molar-refractivity contribution in [3.63, 3.8) is 0 Å². The third kappa shape index (κ3) is 3.91. The van der Waals surface area contributed by atoms with Gasteiger partial charge >= 0.3 is 151 Å². The van der Waals surface area contributed by atoms with E-state index in [-0.39, 0.29) is 0 Å². The molecule has 23 heavy (non-hydrogen) atoms. The minimum absolute atomic E-state index is 1.17. The van der Waals surface area contributed by atoms with Gasteiger partial charge in [-0.25, -0.2) is 0 Å². The minimum atomic E-state index is -3.18. The van der Waals surface area contributed by atoms with Crippen LogP contribution in [0.5, 0.6) is 0 Å². The van der Waals surface area contributed by atoms with Crippen LogP contribution in [0.15, 0.2) is 21.1 Å². The molecule has 134 valence electrons. The fourth-order valence-electron chi connectivity index (χ4n) is 4.40. The maximum absolute atomic E-state index is 3.18. The molecule has 0 unspecified atom stereocenters. The molecule has 0 aliphatic heterocycles. The number of hydrogen-bond donors (Lipinski definition) is 0. The van der Waals surface area contributed by atoms with E-state index in [9.17, 15) is 0 Å². The standard InChI is InChI=1S/C7H9.3C4H10N.Hf/c1-2-7-5-3-4-6-7;3*1-3-5-4-2;/h3,5H,2,4H2,1H3;3*3-4H2,1-2H3;/q;3*-1;+3. The SMILES string of the molecule is CCC1=[C]([Hf]([N](CC)CC)([N](CC)CC)[N](CC)CC)CC=C1. The second kappa shape index (κ2) is 10.3. The first-order valence-electron chi connectivity index (χ1n) is 9.76. The summed E-state index contributed by atoms with van der Waals surface area (Å²) in [6.07, 6.45) is 7.20. The van der Waals surface area contributed by atoms with Gasteiger partial charge in [0.1, 0.15) is 0 Å². The summed E-state index contributed by atoms with van der Waals surface area (Å²) >= 11 is -3.18. The second-order valence-corrected chi connectivity index (χ2v) is 19.7. The van der Waals surface area contributed by atoms with Crippen LogP contribution in [0.25, 0.3) is 0 Å². The summed E-state index contributed by atoms with van der Waals surface area (Å²) < 4.78 is 10.5. The van der Waals surface area contributed by atoms with Crippen molar-refractivity contribution >= 4 is 0 Å². The van der Waals surface area contributed by atoms with Gasteiger partial charge < -0.3 is 0 Å². The number of rotatable bonds is 11. The van der Waals surface area contributed by atoms with Gasteiger partial charge in [0, 0.05) is 0 Å². The topological polar surface area (TPSA) is 9.72 Å². The van der Waals surface area contributed by atoms with Crippen LogP contribution in [0.1, 0.15) is 61.3 Å². The van der Waals surface area contributed by atoms with Crippen LogP contribution in [-0.4, -0.2) is 47.9 Å². The van der Waals surface area contributed by atoms with E-state index < -0.39 is 20.8 Å². The summed E-state index contributed by atoms with van der Waals surface area (Å²) in [5.41, 5.74) is 1.64.